The van der Waals surface area contributed by atoms with E-state index < -0.39 is 48.3 Å². The standard InChI is InChI=1S/C6H8O7.C6H8O2.C2H5NO2.K/c7-3(8)1-6(13,5(11)12)2-4(9)10;1-2-3-4-5-6(7)8;3-1-2(4)5;/h13H,1-2H2,(H,7,8)(H,9,10)(H,11,12);2-5H,1H3,(H,7,8);1,3H2,(H,4,5);/q;;;+1/p-1/b;3-2+,5-4+;;. The largest absolute Gasteiger partial charge is 1.00 e. The molecule has 0 aromatic carbocycles. The van der Waals surface area contributed by atoms with E-state index in [4.69, 9.17) is 25.5 Å². The third-order valence-corrected chi connectivity index (χ3v) is 2.00. The predicted octanol–water partition coefficient (Wildman–Crippen LogP) is -5.35. The van der Waals surface area contributed by atoms with Crippen molar-refractivity contribution >= 4 is 29.8 Å². The van der Waals surface area contributed by atoms with Crippen LogP contribution in [-0.2, 0) is 24.0 Å². The van der Waals surface area contributed by atoms with Crippen LogP contribution in [0.25, 0.3) is 0 Å². The number of carbonyl (C=O) groups is 5. The summed E-state index contributed by atoms with van der Waals surface area (Å²) in [6.07, 6.45) is 3.45. The molecule has 0 aliphatic heterocycles. The Hall–Kier alpha value is -1.61. The smallest absolute Gasteiger partial charge is 0.545 e. The molecular formula is C14H20KNO11. The SMILES string of the molecule is C/C=C/C=C/C(=O)[O-].NCC(=O)O.O=C(O)CC(O)(CC(=O)O)C(=O)O.[K+]. The van der Waals surface area contributed by atoms with E-state index >= 15 is 0 Å². The molecule has 27 heavy (non-hydrogen) atoms. The molecule has 0 fully saturated rings. The van der Waals surface area contributed by atoms with E-state index in [1.807, 2.05) is 0 Å². The normalized spacial score (nSPS) is 9.89. The molecule has 13 heteroatoms. The number of allylic oxidation sites excluding steroid dienone is 3. The summed E-state index contributed by atoms with van der Waals surface area (Å²) in [5.74, 6) is -7.15. The maximum atomic E-state index is 10.3. The van der Waals surface area contributed by atoms with Crippen molar-refractivity contribution in [3.63, 3.8) is 0 Å². The maximum Gasteiger partial charge on any atom is 1.00 e. The van der Waals surface area contributed by atoms with Crippen molar-refractivity contribution in [2.75, 3.05) is 6.54 Å². The molecule has 0 aliphatic rings. The molecular weight excluding hydrogens is 397 g/mol. The molecule has 0 aliphatic carbocycles. The molecule has 0 unspecified atom stereocenters. The van der Waals surface area contributed by atoms with E-state index in [-0.39, 0.29) is 57.9 Å². The molecule has 0 spiro atoms. The molecule has 7 N–H and O–H groups in total. The van der Waals surface area contributed by atoms with Gasteiger partial charge in [-0.3, -0.25) is 14.4 Å². The van der Waals surface area contributed by atoms with Gasteiger partial charge < -0.3 is 41.2 Å². The van der Waals surface area contributed by atoms with Gasteiger partial charge in [0.15, 0.2) is 5.60 Å². The van der Waals surface area contributed by atoms with Gasteiger partial charge in [-0.1, -0.05) is 18.2 Å². The van der Waals surface area contributed by atoms with Crippen LogP contribution in [0.3, 0.4) is 0 Å². The molecule has 0 aromatic heterocycles. The molecule has 0 radical (unpaired) electrons. The van der Waals surface area contributed by atoms with Crippen LogP contribution in [-0.4, -0.2) is 67.5 Å². The van der Waals surface area contributed by atoms with E-state index in [9.17, 15) is 29.1 Å². The number of rotatable bonds is 8. The summed E-state index contributed by atoms with van der Waals surface area (Å²) in [7, 11) is 0. The number of carboxylic acid groups (broad SMARTS) is 5. The Labute approximate surface area is 196 Å². The number of hydrogen-bond donors (Lipinski definition) is 6. The van der Waals surface area contributed by atoms with Crippen molar-refractivity contribution in [1.82, 2.24) is 0 Å². The number of carbonyl (C=O) groups excluding carboxylic acids is 1. The molecule has 0 rings (SSSR count). The molecule has 0 atom stereocenters. The van der Waals surface area contributed by atoms with Gasteiger partial charge in [-0.15, -0.1) is 0 Å². The number of aliphatic carboxylic acids is 5. The van der Waals surface area contributed by atoms with Crippen molar-refractivity contribution in [2.24, 2.45) is 5.73 Å². The number of nitrogens with two attached hydrogens (primary N) is 1. The Morgan fingerprint density at radius 2 is 1.30 bits per heavy atom. The second kappa shape index (κ2) is 19.2. The summed E-state index contributed by atoms with van der Waals surface area (Å²) in [4.78, 5) is 49.4. The molecule has 0 bridgehead atoms. The van der Waals surface area contributed by atoms with Gasteiger partial charge in [-0.25, -0.2) is 4.79 Å². The van der Waals surface area contributed by atoms with E-state index in [2.05, 4.69) is 5.73 Å². The fourth-order valence-corrected chi connectivity index (χ4v) is 0.959. The van der Waals surface area contributed by atoms with Crippen LogP contribution >= 0.6 is 0 Å². The molecule has 0 saturated carbocycles. The van der Waals surface area contributed by atoms with Crippen LogP contribution in [0.4, 0.5) is 0 Å². The first-order chi connectivity index (χ1) is 11.8. The monoisotopic (exact) mass is 417 g/mol. The topological polar surface area (TPSA) is 236 Å². The van der Waals surface area contributed by atoms with E-state index in [0.29, 0.717) is 0 Å². The minimum atomic E-state index is -2.74. The predicted molar refractivity (Wildman–Crippen MR) is 82.7 cm³/mol. The fraction of sp³-hybridized carbons (Fsp3) is 0.357. The Balaban J connectivity index is -0.000000162. The van der Waals surface area contributed by atoms with E-state index in [1.165, 1.54) is 6.08 Å². The van der Waals surface area contributed by atoms with Gasteiger partial charge >= 0.3 is 75.3 Å². The first-order valence-electron chi connectivity index (χ1n) is 6.63. The van der Waals surface area contributed by atoms with Crippen LogP contribution in [0, 0.1) is 0 Å². The summed E-state index contributed by atoms with van der Waals surface area (Å²) in [5, 5.41) is 51.1. The third-order valence-electron chi connectivity index (χ3n) is 2.00. The molecule has 0 aromatic rings. The second-order valence-electron chi connectivity index (χ2n) is 4.28. The van der Waals surface area contributed by atoms with Crippen molar-refractivity contribution < 1.29 is 106 Å². The number of hydrogen-bond acceptors (Lipinski definition) is 8. The van der Waals surface area contributed by atoms with Gasteiger partial charge in [-0.2, -0.15) is 0 Å². The number of carboxylic acids is 5. The summed E-state index contributed by atoms with van der Waals surface area (Å²) < 4.78 is 0. The second-order valence-corrected chi connectivity index (χ2v) is 4.28. The summed E-state index contributed by atoms with van der Waals surface area (Å²) >= 11 is 0. The van der Waals surface area contributed by atoms with Crippen LogP contribution < -0.4 is 62.2 Å². The van der Waals surface area contributed by atoms with Gasteiger partial charge in [0.1, 0.15) is 0 Å². The first kappa shape index (κ1) is 33.0. The third kappa shape index (κ3) is 26.7. The van der Waals surface area contributed by atoms with Crippen molar-refractivity contribution in [2.45, 2.75) is 25.4 Å². The van der Waals surface area contributed by atoms with Crippen molar-refractivity contribution in [3.8, 4) is 0 Å². The van der Waals surface area contributed by atoms with Crippen LogP contribution in [0.5, 0.6) is 0 Å². The summed E-state index contributed by atoms with van der Waals surface area (Å²) in [6.45, 7) is 1.53. The Bertz CT molecular complexity index is 541. The van der Waals surface area contributed by atoms with Crippen LogP contribution in [0.1, 0.15) is 19.8 Å². The average Bonchev–Trinajstić information content (AvgIpc) is 2.46. The van der Waals surface area contributed by atoms with Crippen molar-refractivity contribution in [1.29, 1.82) is 0 Å². The molecule has 148 valence electrons. The molecule has 0 amide bonds. The van der Waals surface area contributed by atoms with E-state index in [0.717, 1.165) is 6.08 Å². The average molecular weight is 417 g/mol. The van der Waals surface area contributed by atoms with E-state index in [1.54, 1.807) is 19.1 Å². The minimum absolute atomic E-state index is 0. The summed E-state index contributed by atoms with van der Waals surface area (Å²) in [5.41, 5.74) is 1.83. The fourth-order valence-electron chi connectivity index (χ4n) is 0.959. The summed E-state index contributed by atoms with van der Waals surface area (Å²) in [6, 6.07) is 0. The van der Waals surface area contributed by atoms with Gasteiger partial charge in [0.2, 0.25) is 0 Å². The van der Waals surface area contributed by atoms with Crippen LogP contribution in [0.15, 0.2) is 24.3 Å². The molecule has 0 saturated heterocycles. The maximum absolute atomic E-state index is 10.3. The minimum Gasteiger partial charge on any atom is -0.545 e. The van der Waals surface area contributed by atoms with Crippen molar-refractivity contribution in [3.05, 3.63) is 24.3 Å². The zero-order chi connectivity index (χ0) is 21.3. The van der Waals surface area contributed by atoms with Gasteiger partial charge in [0.05, 0.1) is 25.4 Å². The van der Waals surface area contributed by atoms with Gasteiger partial charge in [0, 0.05) is 0 Å². The van der Waals surface area contributed by atoms with Gasteiger partial charge in [-0.05, 0) is 13.0 Å². The Morgan fingerprint density at radius 1 is 0.926 bits per heavy atom. The quantitative estimate of drug-likeness (QED) is 0.123. The zero-order valence-corrected chi connectivity index (χ0v) is 17.8. The Morgan fingerprint density at radius 3 is 1.48 bits per heavy atom. The van der Waals surface area contributed by atoms with Crippen LogP contribution in [0.2, 0.25) is 0 Å². The molecule has 0 heterocycles. The van der Waals surface area contributed by atoms with Gasteiger partial charge in [0.25, 0.3) is 0 Å². The Kier molecular flexibility index (Phi) is 23.4. The molecule has 12 nitrogen and oxygen atoms in total. The first-order valence-corrected chi connectivity index (χ1v) is 6.63. The number of aliphatic hydroxyl groups is 1. The zero-order valence-electron chi connectivity index (χ0n) is 14.7.